The monoisotopic (exact) mass is 279 g/mol. The number of likely N-dealkylation sites (tertiary alicyclic amines) is 1. The Bertz CT molecular complexity index is 553. The minimum atomic E-state index is -0.782. The molecule has 0 unspecified atom stereocenters. The average molecular weight is 279 g/mol. The van der Waals surface area contributed by atoms with Gasteiger partial charge in [-0.05, 0) is 19.8 Å². The molecule has 0 spiro atoms. The summed E-state index contributed by atoms with van der Waals surface area (Å²) in [5, 5.41) is 19.7. The van der Waals surface area contributed by atoms with Gasteiger partial charge >= 0.3 is 5.97 Å². The lowest BCUT2D eigenvalue weighted by Crippen LogP contribution is -2.46. The van der Waals surface area contributed by atoms with Gasteiger partial charge in [0.25, 0.3) is 5.69 Å². The van der Waals surface area contributed by atoms with Gasteiger partial charge in [0.2, 0.25) is 0 Å². The molecule has 2 heterocycles. The maximum absolute atomic E-state index is 11.0. The molecule has 1 N–H and O–H groups in total. The van der Waals surface area contributed by atoms with E-state index in [4.69, 9.17) is 5.11 Å². The van der Waals surface area contributed by atoms with Crippen molar-refractivity contribution in [1.82, 2.24) is 9.88 Å². The largest absolute Gasteiger partial charge is 0.481 e. The Balaban J connectivity index is 2.03. The molecule has 0 amide bonds. The Morgan fingerprint density at radius 3 is 2.75 bits per heavy atom. The van der Waals surface area contributed by atoms with Crippen LogP contribution in [0, 0.1) is 29.9 Å². The van der Waals surface area contributed by atoms with E-state index in [9.17, 15) is 14.9 Å². The minimum Gasteiger partial charge on any atom is -0.481 e. The van der Waals surface area contributed by atoms with Gasteiger partial charge < -0.3 is 5.11 Å². The smallest absolute Gasteiger partial charge is 0.303 e. The van der Waals surface area contributed by atoms with Crippen molar-refractivity contribution in [2.45, 2.75) is 26.8 Å². The lowest BCUT2D eigenvalue weighted by atomic mass is 9.96. The SMILES string of the molecule is Cc1cnc(CN2CC(CC(=O)O)C2)c(C)c1[N+](=O)[O-]. The molecular formula is C13H17N3O4. The van der Waals surface area contributed by atoms with E-state index >= 15 is 0 Å². The lowest BCUT2D eigenvalue weighted by molar-refractivity contribution is -0.386. The molecule has 20 heavy (non-hydrogen) atoms. The number of carboxylic acid groups (broad SMARTS) is 1. The van der Waals surface area contributed by atoms with E-state index in [1.54, 1.807) is 13.8 Å². The van der Waals surface area contributed by atoms with Gasteiger partial charge in [-0.25, -0.2) is 0 Å². The maximum Gasteiger partial charge on any atom is 0.303 e. The topological polar surface area (TPSA) is 96.6 Å². The van der Waals surface area contributed by atoms with Gasteiger partial charge in [-0.2, -0.15) is 0 Å². The van der Waals surface area contributed by atoms with Gasteiger partial charge in [-0.3, -0.25) is 24.8 Å². The summed E-state index contributed by atoms with van der Waals surface area (Å²) in [4.78, 5) is 27.6. The summed E-state index contributed by atoms with van der Waals surface area (Å²) in [6.07, 6.45) is 1.70. The maximum atomic E-state index is 11.0. The Labute approximate surface area is 116 Å². The fourth-order valence-corrected chi connectivity index (χ4v) is 2.60. The van der Waals surface area contributed by atoms with Crippen LogP contribution < -0.4 is 0 Å². The number of hydrogen-bond donors (Lipinski definition) is 1. The Hall–Kier alpha value is -2.02. The average Bonchev–Trinajstić information content (AvgIpc) is 2.28. The molecule has 0 bridgehead atoms. The predicted molar refractivity (Wildman–Crippen MR) is 71.4 cm³/mol. The quantitative estimate of drug-likeness (QED) is 0.648. The molecule has 1 fully saturated rings. The van der Waals surface area contributed by atoms with Crippen LogP contribution in [-0.2, 0) is 11.3 Å². The highest BCUT2D eigenvalue weighted by atomic mass is 16.6. The van der Waals surface area contributed by atoms with Crippen LogP contribution in [0.15, 0.2) is 6.20 Å². The van der Waals surface area contributed by atoms with Crippen molar-refractivity contribution in [2.24, 2.45) is 5.92 Å². The molecule has 1 aromatic heterocycles. The zero-order valence-corrected chi connectivity index (χ0v) is 11.5. The van der Waals surface area contributed by atoms with Crippen LogP contribution in [0.4, 0.5) is 5.69 Å². The fraction of sp³-hybridized carbons (Fsp3) is 0.538. The molecule has 1 aliphatic heterocycles. The molecule has 1 aliphatic rings. The van der Waals surface area contributed by atoms with Crippen LogP contribution in [0.2, 0.25) is 0 Å². The Morgan fingerprint density at radius 1 is 1.55 bits per heavy atom. The molecule has 0 aromatic carbocycles. The summed E-state index contributed by atoms with van der Waals surface area (Å²) in [5.74, 6) is -0.608. The molecule has 0 radical (unpaired) electrons. The normalized spacial score (nSPS) is 15.9. The van der Waals surface area contributed by atoms with Crippen LogP contribution in [0.1, 0.15) is 23.2 Å². The number of pyridine rings is 1. The van der Waals surface area contributed by atoms with Gasteiger partial charge in [0.1, 0.15) is 0 Å². The molecule has 108 valence electrons. The van der Waals surface area contributed by atoms with Gasteiger partial charge in [0.15, 0.2) is 0 Å². The fourth-order valence-electron chi connectivity index (χ4n) is 2.60. The second-order valence-electron chi connectivity index (χ2n) is 5.28. The van der Waals surface area contributed by atoms with Crippen molar-refractivity contribution < 1.29 is 14.8 Å². The highest BCUT2D eigenvalue weighted by Crippen LogP contribution is 2.27. The number of carboxylic acids is 1. The van der Waals surface area contributed by atoms with E-state index < -0.39 is 5.97 Å². The van der Waals surface area contributed by atoms with Crippen molar-refractivity contribution in [2.75, 3.05) is 13.1 Å². The van der Waals surface area contributed by atoms with Gasteiger partial charge in [0.05, 0.1) is 17.0 Å². The second kappa shape index (κ2) is 5.54. The molecule has 1 aromatic rings. The number of rotatable bonds is 5. The van der Waals surface area contributed by atoms with E-state index in [1.807, 2.05) is 0 Å². The van der Waals surface area contributed by atoms with E-state index in [2.05, 4.69) is 9.88 Å². The second-order valence-corrected chi connectivity index (χ2v) is 5.28. The standard InChI is InChI=1S/C13H17N3O4/c1-8-4-14-11(9(2)13(8)16(19)20)7-15-5-10(6-15)3-12(17)18/h4,10H,3,5-7H2,1-2H3,(H,17,18). The zero-order chi connectivity index (χ0) is 14.9. The van der Waals surface area contributed by atoms with Crippen molar-refractivity contribution in [3.8, 4) is 0 Å². The third kappa shape index (κ3) is 2.93. The highest BCUT2D eigenvalue weighted by molar-refractivity contribution is 5.67. The molecule has 0 saturated carbocycles. The van der Waals surface area contributed by atoms with Crippen LogP contribution in [0.3, 0.4) is 0 Å². The summed E-state index contributed by atoms with van der Waals surface area (Å²) in [5.41, 5.74) is 1.97. The van der Waals surface area contributed by atoms with Crippen molar-refractivity contribution in [3.05, 3.63) is 33.1 Å². The summed E-state index contributed by atoms with van der Waals surface area (Å²) in [6.45, 7) is 5.32. The number of nitro groups is 1. The van der Waals surface area contributed by atoms with Crippen LogP contribution in [-0.4, -0.2) is 39.0 Å². The predicted octanol–water partition coefficient (Wildman–Crippen LogP) is 1.51. The Kier molecular flexibility index (Phi) is 3.99. The third-order valence-electron chi connectivity index (χ3n) is 3.63. The molecular weight excluding hydrogens is 262 g/mol. The van der Waals surface area contributed by atoms with Gasteiger partial charge in [-0.15, -0.1) is 0 Å². The summed E-state index contributed by atoms with van der Waals surface area (Å²) < 4.78 is 0. The zero-order valence-electron chi connectivity index (χ0n) is 11.5. The molecule has 0 aliphatic carbocycles. The van der Waals surface area contributed by atoms with Crippen molar-refractivity contribution >= 4 is 11.7 Å². The summed E-state index contributed by atoms with van der Waals surface area (Å²) >= 11 is 0. The van der Waals surface area contributed by atoms with E-state index in [0.717, 1.165) is 0 Å². The van der Waals surface area contributed by atoms with E-state index in [0.29, 0.717) is 36.5 Å². The first-order valence-corrected chi connectivity index (χ1v) is 6.42. The number of nitrogens with zero attached hydrogens (tertiary/aromatic N) is 3. The molecule has 1 saturated heterocycles. The van der Waals surface area contributed by atoms with E-state index in [-0.39, 0.29) is 22.9 Å². The summed E-state index contributed by atoms with van der Waals surface area (Å²) in [6, 6.07) is 0. The third-order valence-corrected chi connectivity index (χ3v) is 3.63. The lowest BCUT2D eigenvalue weighted by Gasteiger charge is -2.38. The van der Waals surface area contributed by atoms with E-state index in [1.165, 1.54) is 6.20 Å². The first kappa shape index (κ1) is 14.4. The van der Waals surface area contributed by atoms with Crippen LogP contribution >= 0.6 is 0 Å². The summed E-state index contributed by atoms with van der Waals surface area (Å²) in [7, 11) is 0. The number of aromatic nitrogens is 1. The molecule has 7 heteroatoms. The molecule has 2 rings (SSSR count). The van der Waals surface area contributed by atoms with Crippen molar-refractivity contribution in [3.63, 3.8) is 0 Å². The first-order valence-electron chi connectivity index (χ1n) is 6.42. The van der Waals surface area contributed by atoms with Gasteiger partial charge in [-0.1, -0.05) is 0 Å². The molecule has 7 nitrogen and oxygen atoms in total. The number of aryl methyl sites for hydroxylation is 1. The number of hydrogen-bond acceptors (Lipinski definition) is 5. The van der Waals surface area contributed by atoms with Crippen LogP contribution in [0.5, 0.6) is 0 Å². The number of carbonyl (C=O) groups is 1. The highest BCUT2D eigenvalue weighted by Gasteiger charge is 2.30. The van der Waals surface area contributed by atoms with Crippen LogP contribution in [0.25, 0.3) is 0 Å². The van der Waals surface area contributed by atoms with Crippen molar-refractivity contribution in [1.29, 1.82) is 0 Å². The minimum absolute atomic E-state index is 0.123. The first-order chi connectivity index (χ1) is 9.38. The number of aliphatic carboxylic acids is 1. The Morgan fingerprint density at radius 2 is 2.20 bits per heavy atom. The molecule has 0 atom stereocenters. The van der Waals surface area contributed by atoms with Gasteiger partial charge in [0, 0.05) is 37.0 Å².